The summed E-state index contributed by atoms with van der Waals surface area (Å²) in [5, 5.41) is 0. The zero-order chi connectivity index (χ0) is 9.10. The highest BCUT2D eigenvalue weighted by molar-refractivity contribution is 5.62. The second-order valence-corrected chi connectivity index (χ2v) is 2.56. The molecule has 0 amide bonds. The molecule has 2 aromatic rings. The van der Waals surface area contributed by atoms with Gasteiger partial charge in [0.15, 0.2) is 12.1 Å². The van der Waals surface area contributed by atoms with E-state index in [9.17, 15) is 0 Å². The number of hydrogen-bond acceptors (Lipinski definition) is 3. The summed E-state index contributed by atoms with van der Waals surface area (Å²) in [4.78, 5) is 4.07. The Hall–Kier alpha value is -1.77. The minimum Gasteiger partial charge on any atom is -0.467 e. The first kappa shape index (κ1) is 7.86. The molecule has 0 bridgehead atoms. The number of hydrogen-bond donors (Lipinski definition) is 0. The van der Waals surface area contributed by atoms with Crippen LogP contribution in [0.5, 0.6) is 5.95 Å². The van der Waals surface area contributed by atoms with Gasteiger partial charge in [-0.2, -0.15) is 0 Å². The van der Waals surface area contributed by atoms with Crippen molar-refractivity contribution in [3.05, 3.63) is 36.7 Å². The molecule has 0 aliphatic carbocycles. The van der Waals surface area contributed by atoms with E-state index in [-0.39, 0.29) is 0 Å². The summed E-state index contributed by atoms with van der Waals surface area (Å²) in [6.07, 6.45) is 1.38. The van der Waals surface area contributed by atoms with Gasteiger partial charge in [-0.15, -0.1) is 0 Å². The monoisotopic (exact) mass is 175 g/mol. The third kappa shape index (κ3) is 1.40. The average Bonchev–Trinajstić information content (AvgIpc) is 2.67. The van der Waals surface area contributed by atoms with Gasteiger partial charge in [0, 0.05) is 5.56 Å². The predicted molar refractivity (Wildman–Crippen MR) is 48.5 cm³/mol. The van der Waals surface area contributed by atoms with E-state index in [0.29, 0.717) is 5.95 Å². The van der Waals surface area contributed by atoms with Gasteiger partial charge in [0.05, 0.1) is 7.11 Å². The van der Waals surface area contributed by atoms with Crippen LogP contribution in [0.25, 0.3) is 11.3 Å². The van der Waals surface area contributed by atoms with Gasteiger partial charge in [-0.3, -0.25) is 0 Å². The first-order valence-electron chi connectivity index (χ1n) is 3.94. The molecular formula is C10H9NO2. The minimum absolute atomic E-state index is 0.450. The number of rotatable bonds is 2. The molecule has 0 unspecified atom stereocenters. The molecule has 0 fully saturated rings. The lowest BCUT2D eigenvalue weighted by Crippen LogP contribution is -1.83. The topological polar surface area (TPSA) is 35.3 Å². The van der Waals surface area contributed by atoms with Crippen LogP contribution in [0.2, 0.25) is 0 Å². The van der Waals surface area contributed by atoms with E-state index in [2.05, 4.69) is 4.98 Å². The quantitative estimate of drug-likeness (QED) is 0.702. The van der Waals surface area contributed by atoms with E-state index in [1.165, 1.54) is 6.39 Å². The number of aromatic nitrogens is 1. The molecule has 1 aromatic carbocycles. The molecule has 13 heavy (non-hydrogen) atoms. The lowest BCUT2D eigenvalue weighted by atomic mass is 10.2. The van der Waals surface area contributed by atoms with E-state index in [1.807, 2.05) is 30.3 Å². The maximum absolute atomic E-state index is 5.03. The molecule has 0 atom stereocenters. The van der Waals surface area contributed by atoms with Crippen LogP contribution in [0.15, 0.2) is 41.1 Å². The molecule has 0 saturated carbocycles. The number of methoxy groups -OCH3 is 1. The Bertz CT molecular complexity index is 381. The molecule has 3 nitrogen and oxygen atoms in total. The fourth-order valence-corrected chi connectivity index (χ4v) is 1.17. The van der Waals surface area contributed by atoms with Crippen LogP contribution in [-0.4, -0.2) is 12.1 Å². The highest BCUT2D eigenvalue weighted by Gasteiger charge is 2.09. The van der Waals surface area contributed by atoms with Gasteiger partial charge in [0.25, 0.3) is 0 Å². The summed E-state index contributed by atoms with van der Waals surface area (Å²) in [7, 11) is 1.56. The molecule has 0 spiro atoms. The second-order valence-electron chi connectivity index (χ2n) is 2.56. The van der Waals surface area contributed by atoms with Gasteiger partial charge in [0.1, 0.15) is 0 Å². The van der Waals surface area contributed by atoms with Crippen LogP contribution in [0.1, 0.15) is 0 Å². The first-order chi connectivity index (χ1) is 6.42. The van der Waals surface area contributed by atoms with Gasteiger partial charge in [-0.05, 0) is 0 Å². The van der Waals surface area contributed by atoms with Gasteiger partial charge in [-0.1, -0.05) is 30.3 Å². The van der Waals surface area contributed by atoms with Crippen molar-refractivity contribution in [2.75, 3.05) is 7.11 Å². The zero-order valence-electron chi connectivity index (χ0n) is 7.23. The lowest BCUT2D eigenvalue weighted by molar-refractivity contribution is 0.306. The van der Waals surface area contributed by atoms with Crippen molar-refractivity contribution in [3.63, 3.8) is 0 Å². The summed E-state index contributed by atoms with van der Waals surface area (Å²) in [6.45, 7) is 0. The van der Waals surface area contributed by atoms with Crippen molar-refractivity contribution in [2.45, 2.75) is 0 Å². The fraction of sp³-hybridized carbons (Fsp3) is 0.100. The van der Waals surface area contributed by atoms with Crippen LogP contribution < -0.4 is 4.74 Å². The molecule has 0 radical (unpaired) electrons. The van der Waals surface area contributed by atoms with E-state index < -0.39 is 0 Å². The van der Waals surface area contributed by atoms with Crippen molar-refractivity contribution in [1.82, 2.24) is 4.98 Å². The van der Waals surface area contributed by atoms with Crippen LogP contribution in [-0.2, 0) is 0 Å². The highest BCUT2D eigenvalue weighted by atomic mass is 16.6. The van der Waals surface area contributed by atoms with Crippen molar-refractivity contribution in [2.24, 2.45) is 0 Å². The molecule has 2 rings (SSSR count). The molecule has 1 heterocycles. The molecular weight excluding hydrogens is 166 g/mol. The number of oxazole rings is 1. The first-order valence-corrected chi connectivity index (χ1v) is 3.94. The molecule has 0 saturated heterocycles. The molecule has 0 aliphatic rings. The Labute approximate surface area is 76.0 Å². The lowest BCUT2D eigenvalue weighted by Gasteiger charge is -1.97. The largest absolute Gasteiger partial charge is 0.467 e. The fourth-order valence-electron chi connectivity index (χ4n) is 1.17. The normalized spacial score (nSPS) is 9.92. The molecule has 0 aliphatic heterocycles. The van der Waals surface area contributed by atoms with Gasteiger partial charge in [0.2, 0.25) is 0 Å². The summed E-state index contributed by atoms with van der Waals surface area (Å²) >= 11 is 0. The summed E-state index contributed by atoms with van der Waals surface area (Å²) in [5.74, 6) is 0.450. The Balaban J connectivity index is 2.47. The maximum Gasteiger partial charge on any atom is 0.313 e. The molecule has 1 aromatic heterocycles. The van der Waals surface area contributed by atoms with E-state index in [1.54, 1.807) is 7.11 Å². The van der Waals surface area contributed by atoms with Crippen LogP contribution >= 0.6 is 0 Å². The second kappa shape index (κ2) is 3.31. The number of ether oxygens (including phenoxy) is 1. The van der Waals surface area contributed by atoms with Gasteiger partial charge < -0.3 is 9.15 Å². The summed E-state index contributed by atoms with van der Waals surface area (Å²) in [5.41, 5.74) is 1.73. The van der Waals surface area contributed by atoms with E-state index >= 15 is 0 Å². The van der Waals surface area contributed by atoms with Crippen molar-refractivity contribution in [1.29, 1.82) is 0 Å². The zero-order valence-corrected chi connectivity index (χ0v) is 7.23. The average molecular weight is 175 g/mol. The number of benzene rings is 1. The smallest absolute Gasteiger partial charge is 0.313 e. The van der Waals surface area contributed by atoms with Crippen molar-refractivity contribution in [3.8, 4) is 17.2 Å². The van der Waals surface area contributed by atoms with Crippen LogP contribution in [0.3, 0.4) is 0 Å². The number of nitrogens with zero attached hydrogens (tertiary/aromatic N) is 1. The maximum atomic E-state index is 5.03. The van der Waals surface area contributed by atoms with E-state index in [4.69, 9.17) is 9.15 Å². The Morgan fingerprint density at radius 1 is 1.23 bits per heavy atom. The predicted octanol–water partition coefficient (Wildman–Crippen LogP) is 2.35. The van der Waals surface area contributed by atoms with Crippen molar-refractivity contribution >= 4 is 0 Å². The van der Waals surface area contributed by atoms with Gasteiger partial charge in [-0.25, -0.2) is 4.98 Å². The SMILES string of the molecule is COc1ocnc1-c1ccccc1. The van der Waals surface area contributed by atoms with Crippen LogP contribution in [0.4, 0.5) is 0 Å². The third-order valence-corrected chi connectivity index (χ3v) is 1.77. The Morgan fingerprint density at radius 2 is 2.00 bits per heavy atom. The standard InChI is InChI=1S/C10H9NO2/c1-12-10-9(11-7-13-10)8-5-3-2-4-6-8/h2-7H,1H3. The summed E-state index contributed by atoms with van der Waals surface area (Å²) in [6, 6.07) is 9.77. The minimum atomic E-state index is 0.450. The van der Waals surface area contributed by atoms with E-state index in [0.717, 1.165) is 11.3 Å². The Morgan fingerprint density at radius 3 is 2.69 bits per heavy atom. The summed E-state index contributed by atoms with van der Waals surface area (Å²) < 4.78 is 10.0. The molecule has 3 heteroatoms. The molecule has 0 N–H and O–H groups in total. The van der Waals surface area contributed by atoms with Gasteiger partial charge >= 0.3 is 5.95 Å². The Kier molecular flexibility index (Phi) is 2.00. The van der Waals surface area contributed by atoms with Crippen molar-refractivity contribution < 1.29 is 9.15 Å². The van der Waals surface area contributed by atoms with Crippen LogP contribution in [0, 0.1) is 0 Å². The highest BCUT2D eigenvalue weighted by Crippen LogP contribution is 2.27. The molecule has 66 valence electrons. The third-order valence-electron chi connectivity index (χ3n) is 1.77.